The van der Waals surface area contributed by atoms with E-state index in [9.17, 15) is 4.79 Å². The van der Waals surface area contributed by atoms with Crippen molar-refractivity contribution in [2.45, 2.75) is 45.1 Å². The molecule has 3 nitrogen and oxygen atoms in total. The molecule has 0 spiro atoms. The number of hydrogen-bond acceptors (Lipinski definition) is 2. The van der Waals surface area contributed by atoms with Gasteiger partial charge in [0.05, 0.1) is 0 Å². The lowest BCUT2D eigenvalue weighted by Gasteiger charge is -2.33. The minimum Gasteiger partial charge on any atom is -0.481 e. The summed E-state index contributed by atoms with van der Waals surface area (Å²) in [6, 6.07) is 0.609. The molecule has 1 aliphatic rings. The van der Waals surface area contributed by atoms with Gasteiger partial charge in [0.25, 0.3) is 0 Å². The van der Waals surface area contributed by atoms with E-state index in [4.69, 9.17) is 5.11 Å². The van der Waals surface area contributed by atoms with Crippen LogP contribution in [0.2, 0.25) is 0 Å². The molecule has 1 aliphatic heterocycles. The van der Waals surface area contributed by atoms with E-state index in [2.05, 4.69) is 11.9 Å². The van der Waals surface area contributed by atoms with Crippen molar-refractivity contribution in [2.24, 2.45) is 5.92 Å². The average molecular weight is 199 g/mol. The number of likely N-dealkylation sites (tertiary alicyclic amines) is 1. The van der Waals surface area contributed by atoms with Gasteiger partial charge in [0.1, 0.15) is 0 Å². The SMILES string of the molecule is CC(CC(=O)O)CC1CCCCN1C. The second-order valence-corrected chi connectivity index (χ2v) is 4.57. The Hall–Kier alpha value is -0.570. The number of carboxylic acid groups (broad SMARTS) is 1. The van der Waals surface area contributed by atoms with Gasteiger partial charge >= 0.3 is 5.97 Å². The van der Waals surface area contributed by atoms with E-state index in [0.29, 0.717) is 18.4 Å². The summed E-state index contributed by atoms with van der Waals surface area (Å²) in [6.07, 6.45) is 5.17. The van der Waals surface area contributed by atoms with Gasteiger partial charge in [-0.15, -0.1) is 0 Å². The van der Waals surface area contributed by atoms with E-state index in [1.54, 1.807) is 0 Å². The Balaban J connectivity index is 2.30. The summed E-state index contributed by atoms with van der Waals surface area (Å²) >= 11 is 0. The second-order valence-electron chi connectivity index (χ2n) is 4.57. The Morgan fingerprint density at radius 1 is 1.57 bits per heavy atom. The number of hydrogen-bond donors (Lipinski definition) is 1. The molecule has 2 unspecified atom stereocenters. The van der Waals surface area contributed by atoms with Gasteiger partial charge in [0.15, 0.2) is 0 Å². The number of nitrogens with zero attached hydrogens (tertiary/aromatic N) is 1. The standard InChI is InChI=1S/C11H21NO2/c1-9(8-11(13)14)7-10-5-3-4-6-12(10)2/h9-10H,3-8H2,1-2H3,(H,13,14). The van der Waals surface area contributed by atoms with Crippen LogP contribution >= 0.6 is 0 Å². The zero-order valence-corrected chi connectivity index (χ0v) is 9.20. The van der Waals surface area contributed by atoms with Crippen LogP contribution < -0.4 is 0 Å². The van der Waals surface area contributed by atoms with Crippen LogP contribution in [0.4, 0.5) is 0 Å². The minimum atomic E-state index is -0.670. The van der Waals surface area contributed by atoms with Crippen LogP contribution in [0.3, 0.4) is 0 Å². The van der Waals surface area contributed by atoms with Gasteiger partial charge in [-0.05, 0) is 38.8 Å². The zero-order chi connectivity index (χ0) is 10.6. The van der Waals surface area contributed by atoms with Crippen LogP contribution in [0.5, 0.6) is 0 Å². The summed E-state index contributed by atoms with van der Waals surface area (Å²) in [5.74, 6) is -0.367. The van der Waals surface area contributed by atoms with Gasteiger partial charge in [-0.3, -0.25) is 4.79 Å². The summed E-state index contributed by atoms with van der Waals surface area (Å²) < 4.78 is 0. The van der Waals surface area contributed by atoms with Crippen LogP contribution in [-0.2, 0) is 4.79 Å². The normalized spacial score (nSPS) is 26.0. The van der Waals surface area contributed by atoms with Gasteiger partial charge in [0, 0.05) is 12.5 Å². The van der Waals surface area contributed by atoms with Gasteiger partial charge in [-0.2, -0.15) is 0 Å². The monoisotopic (exact) mass is 199 g/mol. The number of aliphatic carboxylic acids is 1. The molecular weight excluding hydrogens is 178 g/mol. The zero-order valence-electron chi connectivity index (χ0n) is 9.20. The highest BCUT2D eigenvalue weighted by molar-refractivity contribution is 5.66. The number of rotatable bonds is 4. The van der Waals surface area contributed by atoms with Crippen LogP contribution in [0.15, 0.2) is 0 Å². The Morgan fingerprint density at radius 3 is 2.86 bits per heavy atom. The molecule has 0 saturated carbocycles. The minimum absolute atomic E-state index is 0.304. The maximum Gasteiger partial charge on any atom is 0.303 e. The Morgan fingerprint density at radius 2 is 2.29 bits per heavy atom. The fourth-order valence-corrected chi connectivity index (χ4v) is 2.29. The van der Waals surface area contributed by atoms with Crippen molar-refractivity contribution in [1.82, 2.24) is 4.90 Å². The van der Waals surface area contributed by atoms with Gasteiger partial charge in [-0.25, -0.2) is 0 Å². The molecule has 1 saturated heterocycles. The van der Waals surface area contributed by atoms with Crippen LogP contribution in [0.1, 0.15) is 39.0 Å². The van der Waals surface area contributed by atoms with E-state index in [1.165, 1.54) is 25.8 Å². The first kappa shape index (κ1) is 11.5. The first-order valence-corrected chi connectivity index (χ1v) is 5.51. The second kappa shape index (κ2) is 5.35. The third-order valence-electron chi connectivity index (χ3n) is 3.12. The Labute approximate surface area is 86.1 Å². The predicted octanol–water partition coefficient (Wildman–Crippen LogP) is 1.97. The highest BCUT2D eigenvalue weighted by Crippen LogP contribution is 2.22. The summed E-state index contributed by atoms with van der Waals surface area (Å²) in [7, 11) is 2.15. The number of piperidine rings is 1. The highest BCUT2D eigenvalue weighted by atomic mass is 16.4. The average Bonchev–Trinajstić information content (AvgIpc) is 2.07. The largest absolute Gasteiger partial charge is 0.481 e. The van der Waals surface area contributed by atoms with Crippen LogP contribution in [0, 0.1) is 5.92 Å². The van der Waals surface area contributed by atoms with Crippen LogP contribution in [-0.4, -0.2) is 35.6 Å². The molecule has 1 rings (SSSR count). The molecule has 3 heteroatoms. The smallest absolute Gasteiger partial charge is 0.303 e. The molecule has 2 atom stereocenters. The highest BCUT2D eigenvalue weighted by Gasteiger charge is 2.21. The topological polar surface area (TPSA) is 40.5 Å². The molecule has 0 aromatic heterocycles. The van der Waals surface area contributed by atoms with Crippen molar-refractivity contribution in [3.8, 4) is 0 Å². The lowest BCUT2D eigenvalue weighted by molar-refractivity contribution is -0.138. The molecule has 14 heavy (non-hydrogen) atoms. The van der Waals surface area contributed by atoms with Gasteiger partial charge < -0.3 is 10.0 Å². The molecule has 1 heterocycles. The van der Waals surface area contributed by atoms with Crippen molar-refractivity contribution >= 4 is 5.97 Å². The lowest BCUT2D eigenvalue weighted by atomic mass is 9.92. The quantitative estimate of drug-likeness (QED) is 0.752. The molecule has 82 valence electrons. The Bertz CT molecular complexity index is 194. The lowest BCUT2D eigenvalue weighted by Crippen LogP contribution is -2.37. The molecule has 1 N–H and O–H groups in total. The first-order valence-electron chi connectivity index (χ1n) is 5.51. The summed E-state index contributed by atoms with van der Waals surface area (Å²) in [5, 5.41) is 8.67. The van der Waals surface area contributed by atoms with Crippen molar-refractivity contribution in [2.75, 3.05) is 13.6 Å². The summed E-state index contributed by atoms with van der Waals surface area (Å²) in [5.41, 5.74) is 0. The van der Waals surface area contributed by atoms with E-state index >= 15 is 0 Å². The third-order valence-corrected chi connectivity index (χ3v) is 3.12. The first-order chi connectivity index (χ1) is 6.59. The van der Waals surface area contributed by atoms with E-state index in [1.807, 2.05) is 6.92 Å². The molecular formula is C11H21NO2. The Kier molecular flexibility index (Phi) is 4.39. The molecule has 0 aliphatic carbocycles. The molecule has 0 radical (unpaired) electrons. The van der Waals surface area contributed by atoms with Crippen molar-refractivity contribution in [1.29, 1.82) is 0 Å². The van der Waals surface area contributed by atoms with E-state index < -0.39 is 5.97 Å². The molecule has 0 aromatic rings. The molecule has 0 amide bonds. The van der Waals surface area contributed by atoms with Crippen molar-refractivity contribution < 1.29 is 9.90 Å². The number of carboxylic acids is 1. The summed E-state index contributed by atoms with van der Waals surface area (Å²) in [4.78, 5) is 12.9. The molecule has 0 bridgehead atoms. The van der Waals surface area contributed by atoms with Gasteiger partial charge in [-0.1, -0.05) is 13.3 Å². The van der Waals surface area contributed by atoms with E-state index in [0.717, 1.165) is 6.42 Å². The fraction of sp³-hybridized carbons (Fsp3) is 0.909. The number of carbonyl (C=O) groups is 1. The molecule has 0 aromatic carbocycles. The fourth-order valence-electron chi connectivity index (χ4n) is 2.29. The van der Waals surface area contributed by atoms with Crippen LogP contribution in [0.25, 0.3) is 0 Å². The third kappa shape index (κ3) is 3.66. The van der Waals surface area contributed by atoms with Crippen molar-refractivity contribution in [3.63, 3.8) is 0 Å². The van der Waals surface area contributed by atoms with Crippen molar-refractivity contribution in [3.05, 3.63) is 0 Å². The van der Waals surface area contributed by atoms with E-state index in [-0.39, 0.29) is 0 Å². The summed E-state index contributed by atoms with van der Waals surface area (Å²) in [6.45, 7) is 3.21. The predicted molar refractivity (Wildman–Crippen MR) is 56.3 cm³/mol. The maximum atomic E-state index is 10.5. The molecule has 1 fully saturated rings. The maximum absolute atomic E-state index is 10.5. The van der Waals surface area contributed by atoms with Gasteiger partial charge in [0.2, 0.25) is 0 Å².